The van der Waals surface area contributed by atoms with Crippen molar-refractivity contribution in [2.75, 3.05) is 6.61 Å². The molecule has 0 saturated carbocycles. The Morgan fingerprint density at radius 2 is 1.73 bits per heavy atom. The lowest BCUT2D eigenvalue weighted by Gasteiger charge is -2.24. The molecule has 2 aromatic carbocycles. The predicted octanol–water partition coefficient (Wildman–Crippen LogP) is 5.66. The average molecular weight is 294 g/mol. The van der Waals surface area contributed by atoms with Crippen molar-refractivity contribution in [2.24, 2.45) is 5.92 Å². The van der Waals surface area contributed by atoms with Gasteiger partial charge in [0.2, 0.25) is 0 Å². The van der Waals surface area contributed by atoms with Gasteiger partial charge in [-0.15, -0.1) is 0 Å². The molecule has 116 valence electrons. The first kappa shape index (κ1) is 15.1. The maximum Gasteiger partial charge on any atom is 0.119 e. The Bertz CT molecular complexity index is 612. The molecule has 1 heteroatoms. The van der Waals surface area contributed by atoms with Gasteiger partial charge >= 0.3 is 0 Å². The van der Waals surface area contributed by atoms with E-state index in [-0.39, 0.29) is 0 Å². The SMILES string of the molecule is CCCC1CCc2cc(-c3ccc(OCC)cc3)ccc2C1. The zero-order valence-corrected chi connectivity index (χ0v) is 13.8. The Hall–Kier alpha value is -1.76. The van der Waals surface area contributed by atoms with Gasteiger partial charge in [-0.3, -0.25) is 0 Å². The highest BCUT2D eigenvalue weighted by Crippen LogP contribution is 2.32. The Labute approximate surface area is 134 Å². The van der Waals surface area contributed by atoms with E-state index in [0.717, 1.165) is 18.3 Å². The highest BCUT2D eigenvalue weighted by molar-refractivity contribution is 5.65. The molecular formula is C21H26O. The quantitative estimate of drug-likeness (QED) is 0.691. The van der Waals surface area contributed by atoms with Crippen LogP contribution in [0, 0.1) is 5.92 Å². The molecule has 0 spiro atoms. The molecule has 0 fully saturated rings. The molecule has 1 unspecified atom stereocenters. The monoisotopic (exact) mass is 294 g/mol. The maximum absolute atomic E-state index is 5.52. The maximum atomic E-state index is 5.52. The van der Waals surface area contributed by atoms with Crippen molar-refractivity contribution < 1.29 is 4.74 Å². The molecule has 3 rings (SSSR count). The second kappa shape index (κ2) is 7.00. The third-order valence-electron chi connectivity index (χ3n) is 4.73. The van der Waals surface area contributed by atoms with E-state index in [1.54, 1.807) is 11.1 Å². The predicted molar refractivity (Wildman–Crippen MR) is 93.5 cm³/mol. The van der Waals surface area contributed by atoms with Crippen LogP contribution in [-0.4, -0.2) is 6.61 Å². The van der Waals surface area contributed by atoms with Crippen molar-refractivity contribution in [3.05, 3.63) is 53.6 Å². The summed E-state index contributed by atoms with van der Waals surface area (Å²) in [6.07, 6.45) is 6.55. The number of ether oxygens (including phenoxy) is 1. The van der Waals surface area contributed by atoms with Crippen LogP contribution in [0.1, 0.15) is 44.2 Å². The molecule has 0 N–H and O–H groups in total. The second-order valence-corrected chi connectivity index (χ2v) is 6.34. The van der Waals surface area contributed by atoms with E-state index in [1.807, 2.05) is 6.92 Å². The Morgan fingerprint density at radius 1 is 0.955 bits per heavy atom. The summed E-state index contributed by atoms with van der Waals surface area (Å²) >= 11 is 0. The van der Waals surface area contributed by atoms with Gasteiger partial charge in [0.05, 0.1) is 6.61 Å². The topological polar surface area (TPSA) is 9.23 Å². The van der Waals surface area contributed by atoms with Gasteiger partial charge in [-0.1, -0.05) is 50.1 Å². The van der Waals surface area contributed by atoms with Crippen LogP contribution in [0.15, 0.2) is 42.5 Å². The molecule has 1 aliphatic carbocycles. The largest absolute Gasteiger partial charge is 0.494 e. The molecule has 0 radical (unpaired) electrons. The van der Waals surface area contributed by atoms with Crippen LogP contribution in [0.5, 0.6) is 5.75 Å². The van der Waals surface area contributed by atoms with Gasteiger partial charge < -0.3 is 4.74 Å². The smallest absolute Gasteiger partial charge is 0.119 e. The Balaban J connectivity index is 1.79. The van der Waals surface area contributed by atoms with E-state index in [0.29, 0.717) is 0 Å². The van der Waals surface area contributed by atoms with Gasteiger partial charge in [0.1, 0.15) is 5.75 Å². The van der Waals surface area contributed by atoms with Crippen molar-refractivity contribution in [3.63, 3.8) is 0 Å². The number of aryl methyl sites for hydroxylation is 1. The first-order valence-electron chi connectivity index (χ1n) is 8.65. The highest BCUT2D eigenvalue weighted by Gasteiger charge is 2.18. The van der Waals surface area contributed by atoms with Crippen molar-refractivity contribution in [2.45, 2.75) is 46.0 Å². The third kappa shape index (κ3) is 3.35. The van der Waals surface area contributed by atoms with Crippen molar-refractivity contribution in [1.29, 1.82) is 0 Å². The van der Waals surface area contributed by atoms with Crippen LogP contribution in [0.2, 0.25) is 0 Å². The van der Waals surface area contributed by atoms with E-state index in [1.165, 1.54) is 43.2 Å². The molecule has 0 amide bonds. The first-order chi connectivity index (χ1) is 10.8. The lowest BCUT2D eigenvalue weighted by atomic mass is 9.81. The van der Waals surface area contributed by atoms with Gasteiger partial charge in [0.25, 0.3) is 0 Å². The molecule has 22 heavy (non-hydrogen) atoms. The van der Waals surface area contributed by atoms with E-state index < -0.39 is 0 Å². The molecule has 0 heterocycles. The van der Waals surface area contributed by atoms with Gasteiger partial charge in [-0.05, 0) is 66.5 Å². The summed E-state index contributed by atoms with van der Waals surface area (Å²) in [5, 5.41) is 0. The molecule has 1 aliphatic rings. The lowest BCUT2D eigenvalue weighted by molar-refractivity contribution is 0.340. The van der Waals surface area contributed by atoms with Gasteiger partial charge in [-0.2, -0.15) is 0 Å². The van der Waals surface area contributed by atoms with Gasteiger partial charge in [0.15, 0.2) is 0 Å². The zero-order valence-electron chi connectivity index (χ0n) is 13.8. The number of fused-ring (bicyclic) bond motifs is 1. The van der Waals surface area contributed by atoms with E-state index in [9.17, 15) is 0 Å². The number of rotatable bonds is 5. The van der Waals surface area contributed by atoms with Crippen LogP contribution in [0.25, 0.3) is 11.1 Å². The Kier molecular flexibility index (Phi) is 4.82. The van der Waals surface area contributed by atoms with Crippen molar-refractivity contribution >= 4 is 0 Å². The van der Waals surface area contributed by atoms with E-state index in [4.69, 9.17) is 4.74 Å². The minimum absolute atomic E-state index is 0.719. The van der Waals surface area contributed by atoms with Gasteiger partial charge in [-0.25, -0.2) is 0 Å². The summed E-state index contributed by atoms with van der Waals surface area (Å²) in [6, 6.07) is 15.5. The average Bonchev–Trinajstić information content (AvgIpc) is 2.56. The van der Waals surface area contributed by atoms with E-state index in [2.05, 4.69) is 49.4 Å². The summed E-state index contributed by atoms with van der Waals surface area (Å²) in [7, 11) is 0. The second-order valence-electron chi connectivity index (χ2n) is 6.34. The summed E-state index contributed by atoms with van der Waals surface area (Å²) in [6.45, 7) is 5.03. The summed E-state index contributed by atoms with van der Waals surface area (Å²) < 4.78 is 5.52. The lowest BCUT2D eigenvalue weighted by Crippen LogP contribution is -2.14. The fourth-order valence-electron chi connectivity index (χ4n) is 3.57. The summed E-state index contributed by atoms with van der Waals surface area (Å²) in [5.74, 6) is 1.85. The van der Waals surface area contributed by atoms with Crippen LogP contribution in [-0.2, 0) is 12.8 Å². The van der Waals surface area contributed by atoms with E-state index >= 15 is 0 Å². The fraction of sp³-hybridized carbons (Fsp3) is 0.429. The first-order valence-corrected chi connectivity index (χ1v) is 8.65. The molecule has 0 aliphatic heterocycles. The fourth-order valence-corrected chi connectivity index (χ4v) is 3.57. The van der Waals surface area contributed by atoms with Crippen LogP contribution in [0.4, 0.5) is 0 Å². The number of hydrogen-bond donors (Lipinski definition) is 0. The minimum atomic E-state index is 0.719. The minimum Gasteiger partial charge on any atom is -0.494 e. The van der Waals surface area contributed by atoms with Crippen molar-refractivity contribution in [3.8, 4) is 16.9 Å². The summed E-state index contributed by atoms with van der Waals surface area (Å²) in [5.41, 5.74) is 5.73. The Morgan fingerprint density at radius 3 is 2.45 bits per heavy atom. The van der Waals surface area contributed by atoms with Gasteiger partial charge in [0, 0.05) is 0 Å². The van der Waals surface area contributed by atoms with Crippen LogP contribution >= 0.6 is 0 Å². The van der Waals surface area contributed by atoms with Crippen LogP contribution < -0.4 is 4.74 Å². The number of hydrogen-bond acceptors (Lipinski definition) is 1. The molecule has 0 aromatic heterocycles. The highest BCUT2D eigenvalue weighted by atomic mass is 16.5. The molecule has 2 aromatic rings. The molecule has 0 bridgehead atoms. The standard InChI is InChI=1S/C21H26O/c1-3-5-16-6-7-20-15-19(9-8-18(20)14-16)17-10-12-21(13-11-17)22-4-2/h8-13,15-16H,3-7,14H2,1-2H3. The molecule has 1 nitrogen and oxygen atoms in total. The normalized spacial score (nSPS) is 17.1. The molecule has 0 saturated heterocycles. The number of benzene rings is 2. The molecular weight excluding hydrogens is 268 g/mol. The molecule has 1 atom stereocenters. The third-order valence-corrected chi connectivity index (χ3v) is 4.73. The summed E-state index contributed by atoms with van der Waals surface area (Å²) in [4.78, 5) is 0. The van der Waals surface area contributed by atoms with Crippen molar-refractivity contribution in [1.82, 2.24) is 0 Å². The van der Waals surface area contributed by atoms with Crippen LogP contribution in [0.3, 0.4) is 0 Å². The zero-order chi connectivity index (χ0) is 15.4.